The second kappa shape index (κ2) is 8.46. The van der Waals surface area contributed by atoms with E-state index in [4.69, 9.17) is 11.6 Å². The van der Waals surface area contributed by atoms with E-state index in [0.717, 1.165) is 30.4 Å². The molecule has 1 saturated heterocycles. The fourth-order valence-corrected chi connectivity index (χ4v) is 4.47. The summed E-state index contributed by atoms with van der Waals surface area (Å²) < 4.78 is 42.4. The number of alkyl halides is 3. The molecule has 4 aromatic heterocycles. The monoisotopic (exact) mass is 492 g/mol. The molecule has 8 nitrogen and oxygen atoms in total. The minimum absolute atomic E-state index is 0.0409. The van der Waals surface area contributed by atoms with Crippen molar-refractivity contribution in [1.82, 2.24) is 29.0 Å². The van der Waals surface area contributed by atoms with Crippen LogP contribution in [0.15, 0.2) is 35.5 Å². The van der Waals surface area contributed by atoms with E-state index in [-0.39, 0.29) is 33.3 Å². The zero-order valence-corrected chi connectivity index (χ0v) is 18.7. The Morgan fingerprint density at radius 2 is 1.88 bits per heavy atom. The van der Waals surface area contributed by atoms with Crippen LogP contribution in [-0.2, 0) is 6.54 Å². The number of aromatic nitrogens is 5. The predicted molar refractivity (Wildman–Crippen MR) is 120 cm³/mol. The number of likely N-dealkylation sites (tertiary alicyclic amines) is 1. The average molecular weight is 493 g/mol. The second-order valence-corrected chi connectivity index (χ2v) is 8.74. The fourth-order valence-electron chi connectivity index (χ4n) is 4.32. The maximum Gasteiger partial charge on any atom is 0.408 e. The number of fused-ring (bicyclic) bond motifs is 2. The van der Waals surface area contributed by atoms with Crippen molar-refractivity contribution in [2.75, 3.05) is 13.1 Å². The summed E-state index contributed by atoms with van der Waals surface area (Å²) in [6.45, 7) is -0.135. The van der Waals surface area contributed by atoms with Gasteiger partial charge in [-0.1, -0.05) is 24.4 Å². The van der Waals surface area contributed by atoms with E-state index >= 15 is 0 Å². The number of rotatable bonds is 3. The third-order valence-corrected chi connectivity index (χ3v) is 6.23. The number of hydrogen-bond donors (Lipinski definition) is 1. The van der Waals surface area contributed by atoms with Crippen molar-refractivity contribution in [2.24, 2.45) is 0 Å². The number of halogens is 4. The van der Waals surface area contributed by atoms with E-state index in [1.54, 1.807) is 9.30 Å². The summed E-state index contributed by atoms with van der Waals surface area (Å²) >= 11 is 5.98. The Kier molecular flexibility index (Phi) is 5.59. The summed E-state index contributed by atoms with van der Waals surface area (Å²) in [5.41, 5.74) is 0.851. The molecule has 0 saturated carbocycles. The molecule has 1 fully saturated rings. The van der Waals surface area contributed by atoms with Crippen LogP contribution < -0.4 is 5.43 Å². The van der Waals surface area contributed by atoms with Crippen molar-refractivity contribution in [1.29, 1.82) is 0 Å². The summed E-state index contributed by atoms with van der Waals surface area (Å²) in [6.07, 6.45) is 3.61. The van der Waals surface area contributed by atoms with Crippen molar-refractivity contribution in [3.63, 3.8) is 0 Å². The molecule has 0 spiro atoms. The van der Waals surface area contributed by atoms with Crippen LogP contribution in [-0.4, -0.2) is 54.2 Å². The van der Waals surface area contributed by atoms with Gasteiger partial charge in [-0.3, -0.25) is 23.7 Å². The number of H-pyrrole nitrogens is 1. The first-order valence-corrected chi connectivity index (χ1v) is 11.2. The third-order valence-electron chi connectivity index (χ3n) is 5.94. The lowest BCUT2D eigenvalue weighted by Gasteiger charge is -2.19. The highest BCUT2D eigenvalue weighted by Crippen LogP contribution is 2.31. The summed E-state index contributed by atoms with van der Waals surface area (Å²) in [5.74, 6) is -0.304. The van der Waals surface area contributed by atoms with E-state index in [1.165, 1.54) is 30.7 Å². The van der Waals surface area contributed by atoms with E-state index in [1.807, 2.05) is 0 Å². The fraction of sp³-hybridized carbons (Fsp3) is 0.364. The minimum Gasteiger partial charge on any atom is -0.345 e. The predicted octanol–water partition coefficient (Wildman–Crippen LogP) is 4.27. The molecular weight excluding hydrogens is 473 g/mol. The quantitative estimate of drug-likeness (QED) is 0.462. The molecular formula is C22H20ClF3N6O2. The molecule has 34 heavy (non-hydrogen) atoms. The Balaban J connectivity index is 1.65. The molecule has 1 aliphatic heterocycles. The Bertz CT molecular complexity index is 1450. The second-order valence-electron chi connectivity index (χ2n) is 8.33. The molecule has 5 heterocycles. The molecule has 0 aliphatic carbocycles. The molecule has 1 aliphatic rings. The van der Waals surface area contributed by atoms with Crippen molar-refractivity contribution >= 4 is 34.1 Å². The first-order chi connectivity index (χ1) is 16.2. The standard InChI is InChI=1S/C22H20ClF3N6O2/c23-14-11-31-17(10-28-19(31)8-18(14)33)20-13-9-27-15(21(34)30-5-3-1-2-4-6-30)7-16(13)32(29-20)12-22(24,25)26/h7-11,28H,1-6,12H2. The normalized spacial score (nSPS) is 15.2. The lowest BCUT2D eigenvalue weighted by molar-refractivity contribution is -0.141. The summed E-state index contributed by atoms with van der Waals surface area (Å²) in [7, 11) is 0. The van der Waals surface area contributed by atoms with Gasteiger partial charge in [-0.05, 0) is 18.9 Å². The average Bonchev–Trinajstić information content (AvgIpc) is 3.20. The molecule has 0 radical (unpaired) electrons. The van der Waals surface area contributed by atoms with Gasteiger partial charge < -0.3 is 9.88 Å². The Labute approximate surface area is 195 Å². The van der Waals surface area contributed by atoms with Gasteiger partial charge in [-0.2, -0.15) is 18.3 Å². The molecule has 5 rings (SSSR count). The maximum absolute atomic E-state index is 13.4. The van der Waals surface area contributed by atoms with E-state index in [2.05, 4.69) is 15.1 Å². The SMILES string of the molecule is O=C(c1cc2c(cn1)c(-c1c[nH]c3cc(=O)c(Cl)cn13)nn2CC(F)(F)F)N1CCCCCC1. The van der Waals surface area contributed by atoms with Crippen molar-refractivity contribution in [2.45, 2.75) is 38.4 Å². The highest BCUT2D eigenvalue weighted by atomic mass is 35.5. The van der Waals surface area contributed by atoms with Crippen molar-refractivity contribution in [3.05, 3.63) is 51.7 Å². The smallest absolute Gasteiger partial charge is 0.345 e. The molecule has 0 aromatic carbocycles. The van der Waals surface area contributed by atoms with Gasteiger partial charge in [0.25, 0.3) is 5.91 Å². The van der Waals surface area contributed by atoms with E-state index < -0.39 is 12.7 Å². The number of carbonyl (C=O) groups is 1. The van der Waals surface area contributed by atoms with Gasteiger partial charge in [0.15, 0.2) is 0 Å². The van der Waals surface area contributed by atoms with Crippen LogP contribution in [0.3, 0.4) is 0 Å². The summed E-state index contributed by atoms with van der Waals surface area (Å²) in [5, 5.41) is 4.52. The summed E-state index contributed by atoms with van der Waals surface area (Å²) in [4.78, 5) is 33.8. The third kappa shape index (κ3) is 4.15. The van der Waals surface area contributed by atoms with Gasteiger partial charge in [-0.15, -0.1) is 0 Å². The number of amides is 1. The van der Waals surface area contributed by atoms with Gasteiger partial charge in [0.05, 0.1) is 11.2 Å². The lowest BCUT2D eigenvalue weighted by atomic mass is 10.2. The van der Waals surface area contributed by atoms with Crippen LogP contribution in [0.2, 0.25) is 5.02 Å². The molecule has 0 bridgehead atoms. The zero-order valence-electron chi connectivity index (χ0n) is 17.9. The maximum atomic E-state index is 13.4. The summed E-state index contributed by atoms with van der Waals surface area (Å²) in [6, 6.07) is 2.66. The minimum atomic E-state index is -4.53. The van der Waals surface area contributed by atoms with Crippen LogP contribution in [0.4, 0.5) is 13.2 Å². The molecule has 12 heteroatoms. The van der Waals surface area contributed by atoms with Crippen LogP contribution in [0.1, 0.15) is 36.2 Å². The molecule has 1 N–H and O–H groups in total. The lowest BCUT2D eigenvalue weighted by Crippen LogP contribution is -2.32. The van der Waals surface area contributed by atoms with Crippen LogP contribution in [0.25, 0.3) is 27.9 Å². The highest BCUT2D eigenvalue weighted by molar-refractivity contribution is 6.30. The number of imidazole rings is 1. The van der Waals surface area contributed by atoms with Crippen LogP contribution >= 0.6 is 11.6 Å². The molecule has 4 aromatic rings. The first kappa shape index (κ1) is 22.5. The largest absolute Gasteiger partial charge is 0.408 e. The number of hydrogen-bond acceptors (Lipinski definition) is 4. The Morgan fingerprint density at radius 1 is 1.15 bits per heavy atom. The number of nitrogens with one attached hydrogen (secondary N) is 1. The topological polar surface area (TPSA) is 88.3 Å². The molecule has 178 valence electrons. The number of nitrogens with zero attached hydrogens (tertiary/aromatic N) is 5. The van der Waals surface area contributed by atoms with Gasteiger partial charge in [0.2, 0.25) is 5.43 Å². The van der Waals surface area contributed by atoms with Crippen LogP contribution in [0, 0.1) is 0 Å². The zero-order chi connectivity index (χ0) is 24.0. The van der Waals surface area contributed by atoms with Gasteiger partial charge in [-0.25, -0.2) is 0 Å². The number of carbonyl (C=O) groups excluding carboxylic acids is 1. The van der Waals surface area contributed by atoms with Crippen molar-refractivity contribution in [3.8, 4) is 11.4 Å². The highest BCUT2D eigenvalue weighted by Gasteiger charge is 2.31. The van der Waals surface area contributed by atoms with E-state index in [0.29, 0.717) is 29.8 Å². The van der Waals surface area contributed by atoms with Crippen LogP contribution in [0.5, 0.6) is 0 Å². The number of pyridine rings is 2. The van der Waals surface area contributed by atoms with Crippen molar-refractivity contribution < 1.29 is 18.0 Å². The van der Waals surface area contributed by atoms with E-state index in [9.17, 15) is 22.8 Å². The Morgan fingerprint density at radius 3 is 2.59 bits per heavy atom. The molecule has 1 amide bonds. The van der Waals surface area contributed by atoms with Gasteiger partial charge >= 0.3 is 6.18 Å². The Hall–Kier alpha value is -3.34. The number of aromatic amines is 1. The molecule has 0 atom stereocenters. The molecule has 0 unspecified atom stereocenters. The van der Waals surface area contributed by atoms with Gasteiger partial charge in [0, 0.05) is 43.1 Å². The van der Waals surface area contributed by atoms with Gasteiger partial charge in [0.1, 0.15) is 28.6 Å². The first-order valence-electron chi connectivity index (χ1n) is 10.8.